The Morgan fingerprint density at radius 1 is 1.48 bits per heavy atom. The molecule has 1 aromatic heterocycles. The fraction of sp³-hybridized carbons (Fsp3) is 0.692. The highest BCUT2D eigenvalue weighted by Gasteiger charge is 2.22. The summed E-state index contributed by atoms with van der Waals surface area (Å²) in [5.41, 5.74) is 6.46. The van der Waals surface area contributed by atoms with Crippen molar-refractivity contribution >= 4 is 10.0 Å². The van der Waals surface area contributed by atoms with Gasteiger partial charge in [0, 0.05) is 31.0 Å². The number of aromatic nitrogens is 1. The zero-order valence-electron chi connectivity index (χ0n) is 12.4. The number of hydrogen-bond donors (Lipinski definition) is 2. The van der Waals surface area contributed by atoms with Crippen molar-refractivity contribution in [3.05, 3.63) is 18.0 Å². The average Bonchev–Trinajstić information content (AvgIpc) is 2.92. The number of sulfonamides is 1. The highest BCUT2D eigenvalue weighted by atomic mass is 32.2. The third kappa shape index (κ3) is 4.04. The molecule has 0 radical (unpaired) electrons. The average molecular weight is 317 g/mol. The Labute approximate surface area is 125 Å². The Hall–Kier alpha value is -0.930. The second kappa shape index (κ2) is 6.89. The zero-order valence-corrected chi connectivity index (χ0v) is 13.2. The molecule has 1 aliphatic rings. The first kappa shape index (κ1) is 16.4. The lowest BCUT2D eigenvalue weighted by Gasteiger charge is -2.22. The van der Waals surface area contributed by atoms with E-state index in [0.29, 0.717) is 26.4 Å². The lowest BCUT2D eigenvalue weighted by molar-refractivity contribution is -0.0846. The summed E-state index contributed by atoms with van der Waals surface area (Å²) in [7, 11) is -3.57. The van der Waals surface area contributed by atoms with Gasteiger partial charge in [0.15, 0.2) is 0 Å². The van der Waals surface area contributed by atoms with E-state index < -0.39 is 10.0 Å². The Bertz CT molecular complexity index is 562. The lowest BCUT2D eigenvalue weighted by atomic mass is 10.3. The summed E-state index contributed by atoms with van der Waals surface area (Å²) in [6.07, 6.45) is 1.38. The van der Waals surface area contributed by atoms with Crippen LogP contribution in [-0.4, -0.2) is 45.5 Å². The van der Waals surface area contributed by atoms with Crippen molar-refractivity contribution in [1.29, 1.82) is 0 Å². The summed E-state index contributed by atoms with van der Waals surface area (Å²) in [6.45, 7) is 5.92. The largest absolute Gasteiger partial charge is 0.376 e. The number of hydrogen-bond acceptors (Lipinski definition) is 5. The minimum absolute atomic E-state index is 0.155. The van der Waals surface area contributed by atoms with Crippen molar-refractivity contribution in [3.63, 3.8) is 0 Å². The SMILES string of the molecule is CC(C)n1cc(S(=O)(=O)NCC2COCCO2)cc1CN. The van der Waals surface area contributed by atoms with E-state index >= 15 is 0 Å². The van der Waals surface area contributed by atoms with Crippen LogP contribution < -0.4 is 10.5 Å². The number of rotatable bonds is 6. The zero-order chi connectivity index (χ0) is 15.5. The fourth-order valence-corrected chi connectivity index (χ4v) is 3.34. The molecule has 1 fully saturated rings. The molecule has 1 aromatic rings. The van der Waals surface area contributed by atoms with E-state index in [-0.39, 0.29) is 23.6 Å². The van der Waals surface area contributed by atoms with Crippen molar-refractivity contribution in [2.24, 2.45) is 5.73 Å². The van der Waals surface area contributed by atoms with Crippen LogP contribution in [0.1, 0.15) is 25.6 Å². The third-order valence-corrected chi connectivity index (χ3v) is 4.76. The molecule has 8 heteroatoms. The monoisotopic (exact) mass is 317 g/mol. The summed E-state index contributed by atoms with van der Waals surface area (Å²) < 4.78 is 39.7. The highest BCUT2D eigenvalue weighted by Crippen LogP contribution is 2.18. The maximum atomic E-state index is 12.3. The van der Waals surface area contributed by atoms with Gasteiger partial charge < -0.3 is 19.8 Å². The maximum absolute atomic E-state index is 12.3. The molecule has 1 aliphatic heterocycles. The molecule has 0 amide bonds. The summed E-state index contributed by atoms with van der Waals surface area (Å²) in [6, 6.07) is 1.77. The van der Waals surface area contributed by atoms with Crippen LogP contribution in [0.25, 0.3) is 0 Å². The molecule has 0 spiro atoms. The summed E-state index contributed by atoms with van der Waals surface area (Å²) >= 11 is 0. The summed E-state index contributed by atoms with van der Waals surface area (Å²) in [5, 5.41) is 0. The van der Waals surface area contributed by atoms with Crippen LogP contribution in [0.4, 0.5) is 0 Å². The number of ether oxygens (including phenoxy) is 2. The second-order valence-electron chi connectivity index (χ2n) is 5.29. The smallest absolute Gasteiger partial charge is 0.242 e. The molecule has 2 heterocycles. The third-order valence-electron chi connectivity index (χ3n) is 3.37. The molecule has 120 valence electrons. The number of nitrogens with two attached hydrogens (primary N) is 1. The van der Waals surface area contributed by atoms with Gasteiger partial charge in [-0.15, -0.1) is 0 Å². The summed E-state index contributed by atoms with van der Waals surface area (Å²) in [4.78, 5) is 0.230. The number of nitrogens with one attached hydrogen (secondary N) is 1. The van der Waals surface area contributed by atoms with Crippen LogP contribution in [0.15, 0.2) is 17.2 Å². The normalized spacial score (nSPS) is 20.1. The van der Waals surface area contributed by atoms with E-state index in [1.165, 1.54) is 0 Å². The van der Waals surface area contributed by atoms with Gasteiger partial charge in [-0.25, -0.2) is 13.1 Å². The number of nitrogens with zero attached hydrogens (tertiary/aromatic N) is 1. The van der Waals surface area contributed by atoms with Crippen LogP contribution in [0.5, 0.6) is 0 Å². The van der Waals surface area contributed by atoms with E-state index in [2.05, 4.69) is 4.72 Å². The Morgan fingerprint density at radius 2 is 2.24 bits per heavy atom. The van der Waals surface area contributed by atoms with Crippen molar-refractivity contribution in [3.8, 4) is 0 Å². The van der Waals surface area contributed by atoms with Gasteiger partial charge in [-0.2, -0.15) is 0 Å². The molecule has 7 nitrogen and oxygen atoms in total. The predicted molar refractivity (Wildman–Crippen MR) is 78.5 cm³/mol. The fourth-order valence-electron chi connectivity index (χ4n) is 2.23. The molecule has 0 aliphatic carbocycles. The van der Waals surface area contributed by atoms with Crippen molar-refractivity contribution in [2.75, 3.05) is 26.4 Å². The van der Waals surface area contributed by atoms with Gasteiger partial charge in [-0.1, -0.05) is 0 Å². The molecule has 1 saturated heterocycles. The van der Waals surface area contributed by atoms with Gasteiger partial charge in [0.25, 0.3) is 0 Å². The molecule has 1 unspecified atom stereocenters. The van der Waals surface area contributed by atoms with E-state index in [9.17, 15) is 8.42 Å². The molecule has 0 saturated carbocycles. The molecule has 21 heavy (non-hydrogen) atoms. The van der Waals surface area contributed by atoms with Gasteiger partial charge in [0.1, 0.15) is 0 Å². The van der Waals surface area contributed by atoms with Gasteiger partial charge in [0.05, 0.1) is 30.8 Å². The van der Waals surface area contributed by atoms with Crippen LogP contribution in [0.3, 0.4) is 0 Å². The van der Waals surface area contributed by atoms with Crippen LogP contribution >= 0.6 is 0 Å². The topological polar surface area (TPSA) is 95.6 Å². The van der Waals surface area contributed by atoms with Gasteiger partial charge in [-0.05, 0) is 19.9 Å². The van der Waals surface area contributed by atoms with E-state index in [0.717, 1.165) is 5.69 Å². The van der Waals surface area contributed by atoms with Crippen LogP contribution in [0.2, 0.25) is 0 Å². The standard InChI is InChI=1S/C13H23N3O4S/c1-10(2)16-8-13(5-11(16)6-14)21(17,18)15-7-12-9-19-3-4-20-12/h5,8,10,12,15H,3-4,6-7,9,14H2,1-2H3. The molecular formula is C13H23N3O4S. The van der Waals surface area contributed by atoms with Gasteiger partial charge in [-0.3, -0.25) is 0 Å². The van der Waals surface area contributed by atoms with Gasteiger partial charge in [0.2, 0.25) is 10.0 Å². The van der Waals surface area contributed by atoms with Crippen LogP contribution in [0, 0.1) is 0 Å². The van der Waals surface area contributed by atoms with E-state index in [4.69, 9.17) is 15.2 Å². The molecule has 1 atom stereocenters. The first-order chi connectivity index (χ1) is 9.94. The quantitative estimate of drug-likeness (QED) is 0.782. The van der Waals surface area contributed by atoms with Crippen molar-refractivity contribution in [2.45, 2.75) is 37.4 Å². The lowest BCUT2D eigenvalue weighted by Crippen LogP contribution is -2.39. The summed E-state index contributed by atoms with van der Waals surface area (Å²) in [5.74, 6) is 0. The highest BCUT2D eigenvalue weighted by molar-refractivity contribution is 7.89. The Balaban J connectivity index is 2.08. The second-order valence-corrected chi connectivity index (χ2v) is 7.06. The van der Waals surface area contributed by atoms with Gasteiger partial charge >= 0.3 is 0 Å². The molecule has 0 aromatic carbocycles. The van der Waals surface area contributed by atoms with E-state index in [1.807, 2.05) is 18.4 Å². The first-order valence-electron chi connectivity index (χ1n) is 7.04. The minimum Gasteiger partial charge on any atom is -0.376 e. The Kier molecular flexibility index (Phi) is 5.39. The van der Waals surface area contributed by atoms with Crippen LogP contribution in [-0.2, 0) is 26.0 Å². The van der Waals surface area contributed by atoms with E-state index in [1.54, 1.807) is 12.3 Å². The molecular weight excluding hydrogens is 294 g/mol. The Morgan fingerprint density at radius 3 is 2.76 bits per heavy atom. The minimum atomic E-state index is -3.57. The maximum Gasteiger partial charge on any atom is 0.242 e. The van der Waals surface area contributed by atoms with Crippen molar-refractivity contribution in [1.82, 2.24) is 9.29 Å². The molecule has 3 N–H and O–H groups in total. The first-order valence-corrected chi connectivity index (χ1v) is 8.52. The molecule has 2 rings (SSSR count). The predicted octanol–water partition coefficient (Wildman–Crippen LogP) is 0.221. The molecule has 0 bridgehead atoms. The van der Waals surface area contributed by atoms with Crippen molar-refractivity contribution < 1.29 is 17.9 Å².